The molecule has 1 aromatic carbocycles. The van der Waals surface area contributed by atoms with E-state index in [-0.39, 0.29) is 6.61 Å². The van der Waals surface area contributed by atoms with Gasteiger partial charge in [-0.2, -0.15) is 0 Å². The minimum atomic E-state index is -0.123. The standard InChI is InChI=1S/C17H17NO2/c1-14-13-17(8-7-15(14)5-4-11-19)20-12-9-16-6-2-3-10-18-16/h2-3,6-8,10,13,19H,9,11-12H2,1H3. The Morgan fingerprint density at radius 3 is 2.85 bits per heavy atom. The first-order valence-corrected chi connectivity index (χ1v) is 6.52. The van der Waals surface area contributed by atoms with Crippen molar-refractivity contribution < 1.29 is 9.84 Å². The van der Waals surface area contributed by atoms with Crippen LogP contribution in [-0.4, -0.2) is 23.3 Å². The van der Waals surface area contributed by atoms with E-state index in [1.54, 1.807) is 6.20 Å². The Balaban J connectivity index is 1.92. The molecule has 3 nitrogen and oxygen atoms in total. The molecule has 1 aromatic heterocycles. The van der Waals surface area contributed by atoms with E-state index in [1.165, 1.54) is 0 Å². The van der Waals surface area contributed by atoms with Crippen molar-refractivity contribution in [1.82, 2.24) is 4.98 Å². The predicted molar refractivity (Wildman–Crippen MR) is 78.6 cm³/mol. The normalized spacial score (nSPS) is 9.70. The van der Waals surface area contributed by atoms with Gasteiger partial charge in [0.2, 0.25) is 0 Å². The fourth-order valence-corrected chi connectivity index (χ4v) is 1.82. The van der Waals surface area contributed by atoms with Crippen molar-refractivity contribution in [2.24, 2.45) is 0 Å². The fourth-order valence-electron chi connectivity index (χ4n) is 1.82. The highest BCUT2D eigenvalue weighted by Crippen LogP contribution is 2.16. The van der Waals surface area contributed by atoms with Crippen LogP contribution in [0.3, 0.4) is 0 Å². The number of aryl methyl sites for hydroxylation is 1. The van der Waals surface area contributed by atoms with Crippen LogP contribution in [-0.2, 0) is 6.42 Å². The molecule has 0 saturated carbocycles. The molecule has 0 spiro atoms. The Kier molecular flexibility index (Phi) is 5.16. The first kappa shape index (κ1) is 14.1. The van der Waals surface area contributed by atoms with Gasteiger partial charge in [-0.3, -0.25) is 4.98 Å². The highest BCUT2D eigenvalue weighted by molar-refractivity contribution is 5.44. The van der Waals surface area contributed by atoms with Crippen LogP contribution < -0.4 is 4.74 Å². The van der Waals surface area contributed by atoms with Crippen molar-refractivity contribution in [3.05, 3.63) is 59.4 Å². The van der Waals surface area contributed by atoms with Gasteiger partial charge in [-0.1, -0.05) is 17.9 Å². The molecular formula is C17H17NO2. The lowest BCUT2D eigenvalue weighted by molar-refractivity contribution is 0.320. The van der Waals surface area contributed by atoms with Gasteiger partial charge in [0.15, 0.2) is 0 Å². The van der Waals surface area contributed by atoms with Crippen molar-refractivity contribution in [3.63, 3.8) is 0 Å². The Hall–Kier alpha value is -2.31. The third-order valence-corrected chi connectivity index (χ3v) is 2.85. The monoisotopic (exact) mass is 267 g/mol. The number of hydrogen-bond acceptors (Lipinski definition) is 3. The second-order valence-electron chi connectivity index (χ2n) is 4.36. The number of benzene rings is 1. The van der Waals surface area contributed by atoms with Gasteiger partial charge in [0.05, 0.1) is 6.61 Å². The van der Waals surface area contributed by atoms with Crippen molar-refractivity contribution in [3.8, 4) is 17.6 Å². The van der Waals surface area contributed by atoms with E-state index in [0.29, 0.717) is 6.61 Å². The minimum absolute atomic E-state index is 0.123. The van der Waals surface area contributed by atoms with Crippen molar-refractivity contribution in [2.45, 2.75) is 13.3 Å². The quantitative estimate of drug-likeness (QED) is 0.865. The predicted octanol–water partition coefficient (Wildman–Crippen LogP) is 2.36. The summed E-state index contributed by atoms with van der Waals surface area (Å²) in [5, 5.41) is 8.69. The first-order chi connectivity index (χ1) is 9.79. The molecule has 0 aliphatic rings. The number of rotatable bonds is 4. The van der Waals surface area contributed by atoms with Gasteiger partial charge in [0.25, 0.3) is 0 Å². The lowest BCUT2D eigenvalue weighted by Crippen LogP contribution is -2.03. The third-order valence-electron chi connectivity index (χ3n) is 2.85. The summed E-state index contributed by atoms with van der Waals surface area (Å²) in [6.07, 6.45) is 2.57. The molecule has 20 heavy (non-hydrogen) atoms. The summed E-state index contributed by atoms with van der Waals surface area (Å²) < 4.78 is 5.71. The number of ether oxygens (including phenoxy) is 1. The van der Waals surface area contributed by atoms with Gasteiger partial charge < -0.3 is 9.84 Å². The van der Waals surface area contributed by atoms with Crippen LogP contribution in [0.25, 0.3) is 0 Å². The van der Waals surface area contributed by atoms with E-state index in [2.05, 4.69) is 16.8 Å². The minimum Gasteiger partial charge on any atom is -0.493 e. The van der Waals surface area contributed by atoms with E-state index >= 15 is 0 Å². The number of nitrogens with zero attached hydrogens (tertiary/aromatic N) is 1. The van der Waals surface area contributed by atoms with Crippen molar-refractivity contribution >= 4 is 0 Å². The second kappa shape index (κ2) is 7.32. The maximum atomic E-state index is 8.69. The molecule has 0 aliphatic heterocycles. The summed E-state index contributed by atoms with van der Waals surface area (Å²) >= 11 is 0. The van der Waals surface area contributed by atoms with Gasteiger partial charge in [0.1, 0.15) is 12.4 Å². The Morgan fingerprint density at radius 2 is 2.15 bits per heavy atom. The number of aliphatic hydroxyl groups excluding tert-OH is 1. The van der Waals surface area contributed by atoms with Gasteiger partial charge >= 0.3 is 0 Å². The second-order valence-corrected chi connectivity index (χ2v) is 4.36. The first-order valence-electron chi connectivity index (χ1n) is 6.52. The fraction of sp³-hybridized carbons (Fsp3) is 0.235. The van der Waals surface area contributed by atoms with Crippen molar-refractivity contribution in [1.29, 1.82) is 0 Å². The largest absolute Gasteiger partial charge is 0.493 e. The van der Waals surface area contributed by atoms with Crippen LogP contribution in [0.5, 0.6) is 5.75 Å². The SMILES string of the molecule is Cc1cc(OCCc2ccccn2)ccc1C#CCO. The maximum absolute atomic E-state index is 8.69. The van der Waals surface area contributed by atoms with E-state index < -0.39 is 0 Å². The average molecular weight is 267 g/mol. The van der Waals surface area contributed by atoms with Gasteiger partial charge in [-0.05, 0) is 42.8 Å². The van der Waals surface area contributed by atoms with E-state index in [1.807, 2.05) is 43.3 Å². The number of aliphatic hydroxyl groups is 1. The van der Waals surface area contributed by atoms with E-state index in [4.69, 9.17) is 9.84 Å². The summed E-state index contributed by atoms with van der Waals surface area (Å²) in [6.45, 7) is 2.45. The molecule has 3 heteroatoms. The van der Waals surface area contributed by atoms with Crippen LogP contribution in [0.4, 0.5) is 0 Å². The highest BCUT2D eigenvalue weighted by atomic mass is 16.5. The molecular weight excluding hydrogens is 250 g/mol. The Bertz CT molecular complexity index is 612. The molecule has 0 fully saturated rings. The average Bonchev–Trinajstić information content (AvgIpc) is 2.47. The van der Waals surface area contributed by atoms with Crippen molar-refractivity contribution in [2.75, 3.05) is 13.2 Å². The molecule has 0 radical (unpaired) electrons. The van der Waals surface area contributed by atoms with E-state index in [0.717, 1.165) is 29.0 Å². The molecule has 1 heterocycles. The lowest BCUT2D eigenvalue weighted by atomic mass is 10.1. The number of aromatic nitrogens is 1. The summed E-state index contributed by atoms with van der Waals surface area (Å²) in [6, 6.07) is 11.6. The Labute approximate surface area is 119 Å². The van der Waals surface area contributed by atoms with Gasteiger partial charge in [-0.25, -0.2) is 0 Å². The summed E-state index contributed by atoms with van der Waals surface area (Å²) in [5.41, 5.74) is 2.98. The molecule has 0 bridgehead atoms. The summed E-state index contributed by atoms with van der Waals surface area (Å²) in [4.78, 5) is 4.25. The zero-order valence-corrected chi connectivity index (χ0v) is 11.5. The number of hydrogen-bond donors (Lipinski definition) is 1. The Morgan fingerprint density at radius 1 is 1.25 bits per heavy atom. The van der Waals surface area contributed by atoms with Crippen LogP contribution >= 0.6 is 0 Å². The van der Waals surface area contributed by atoms with Gasteiger partial charge in [-0.15, -0.1) is 0 Å². The zero-order valence-electron chi connectivity index (χ0n) is 11.5. The smallest absolute Gasteiger partial charge is 0.119 e. The third kappa shape index (κ3) is 4.11. The van der Waals surface area contributed by atoms with Crippen LogP contribution in [0, 0.1) is 18.8 Å². The molecule has 2 aromatic rings. The highest BCUT2D eigenvalue weighted by Gasteiger charge is 2.00. The number of pyridine rings is 1. The van der Waals surface area contributed by atoms with Crippen LogP contribution in [0.2, 0.25) is 0 Å². The van der Waals surface area contributed by atoms with Gasteiger partial charge in [0, 0.05) is 23.9 Å². The molecule has 0 amide bonds. The van der Waals surface area contributed by atoms with Crippen LogP contribution in [0.1, 0.15) is 16.8 Å². The molecule has 1 N–H and O–H groups in total. The molecule has 0 atom stereocenters. The molecule has 0 saturated heterocycles. The van der Waals surface area contributed by atoms with Crippen LogP contribution in [0.15, 0.2) is 42.6 Å². The molecule has 2 rings (SSSR count). The zero-order chi connectivity index (χ0) is 14.2. The molecule has 102 valence electrons. The molecule has 0 aliphatic carbocycles. The summed E-state index contributed by atoms with van der Waals surface area (Å²) in [5.74, 6) is 6.38. The topological polar surface area (TPSA) is 42.4 Å². The maximum Gasteiger partial charge on any atom is 0.119 e. The molecule has 0 unspecified atom stereocenters. The summed E-state index contributed by atoms with van der Waals surface area (Å²) in [7, 11) is 0. The van der Waals surface area contributed by atoms with E-state index in [9.17, 15) is 0 Å². The lowest BCUT2D eigenvalue weighted by Gasteiger charge is -2.07.